The van der Waals surface area contributed by atoms with Gasteiger partial charge in [0.15, 0.2) is 5.82 Å². The summed E-state index contributed by atoms with van der Waals surface area (Å²) in [4.78, 5) is 2.53. The summed E-state index contributed by atoms with van der Waals surface area (Å²) in [6.07, 6.45) is 0. The minimum absolute atomic E-state index is 0.00387. The molecule has 1 N–H and O–H groups in total. The molecule has 0 saturated carbocycles. The molecule has 1 aromatic heterocycles. The third kappa shape index (κ3) is 3.94. The molecule has 0 atom stereocenters. The summed E-state index contributed by atoms with van der Waals surface area (Å²) in [7, 11) is 0. The maximum Gasteiger partial charge on any atom is 0.153 e. The predicted molar refractivity (Wildman–Crippen MR) is 122 cm³/mol. The Hall–Kier alpha value is -3.51. The number of rotatable bonds is 6. The monoisotopic (exact) mass is 410 g/mol. The molecule has 0 aliphatic carbocycles. The highest BCUT2D eigenvalue weighted by Gasteiger charge is 2.42. The second-order valence-corrected chi connectivity index (χ2v) is 8.50. The lowest BCUT2D eigenvalue weighted by molar-refractivity contribution is 0.0672. The van der Waals surface area contributed by atoms with Crippen molar-refractivity contribution in [1.29, 1.82) is 0 Å². The van der Waals surface area contributed by atoms with E-state index in [2.05, 4.69) is 105 Å². The molecule has 1 fully saturated rings. The number of aromatic nitrogens is 4. The molecule has 156 valence electrons. The van der Waals surface area contributed by atoms with Crippen LogP contribution in [0.5, 0.6) is 0 Å². The van der Waals surface area contributed by atoms with Crippen LogP contribution in [0.4, 0.5) is 5.69 Å². The normalized spacial score (nSPS) is 15.6. The number of nitrogens with one attached hydrogen (secondary N) is 1. The smallest absolute Gasteiger partial charge is 0.153 e. The Morgan fingerprint density at radius 2 is 1.52 bits per heavy atom. The van der Waals surface area contributed by atoms with Crippen molar-refractivity contribution in [2.24, 2.45) is 0 Å². The highest BCUT2D eigenvalue weighted by Crippen LogP contribution is 2.37. The van der Waals surface area contributed by atoms with E-state index in [1.165, 1.54) is 11.1 Å². The van der Waals surface area contributed by atoms with E-state index < -0.39 is 0 Å². The van der Waals surface area contributed by atoms with E-state index in [0.717, 1.165) is 30.3 Å². The Bertz CT molecular complexity index is 1110. The zero-order valence-electron chi connectivity index (χ0n) is 17.8. The van der Waals surface area contributed by atoms with Gasteiger partial charge in [0.2, 0.25) is 0 Å². The number of hydrogen-bond donors (Lipinski definition) is 1. The third-order valence-corrected chi connectivity index (χ3v) is 5.86. The van der Waals surface area contributed by atoms with Gasteiger partial charge in [-0.3, -0.25) is 4.90 Å². The number of hydrogen-bond acceptors (Lipinski definition) is 5. The zero-order valence-corrected chi connectivity index (χ0v) is 17.8. The lowest BCUT2D eigenvalue weighted by Gasteiger charge is -2.52. The molecule has 0 bridgehead atoms. The van der Waals surface area contributed by atoms with Crippen LogP contribution >= 0.6 is 0 Å². The van der Waals surface area contributed by atoms with Gasteiger partial charge in [-0.1, -0.05) is 66.7 Å². The van der Waals surface area contributed by atoms with Crippen molar-refractivity contribution in [3.05, 3.63) is 102 Å². The van der Waals surface area contributed by atoms with E-state index >= 15 is 0 Å². The summed E-state index contributed by atoms with van der Waals surface area (Å²) in [5.74, 6) is 0.770. The van der Waals surface area contributed by atoms with Gasteiger partial charge in [-0.15, -0.1) is 5.10 Å². The topological polar surface area (TPSA) is 58.9 Å². The van der Waals surface area contributed by atoms with Gasteiger partial charge in [-0.05, 0) is 53.6 Å². The van der Waals surface area contributed by atoms with Crippen molar-refractivity contribution in [2.75, 3.05) is 18.4 Å². The molecule has 2 heterocycles. The first kappa shape index (κ1) is 19.5. The van der Waals surface area contributed by atoms with Gasteiger partial charge < -0.3 is 5.32 Å². The largest absolute Gasteiger partial charge is 0.377 e. The summed E-state index contributed by atoms with van der Waals surface area (Å²) >= 11 is 0. The second-order valence-electron chi connectivity index (χ2n) is 8.50. The first-order valence-corrected chi connectivity index (χ1v) is 10.6. The van der Waals surface area contributed by atoms with Crippen molar-refractivity contribution in [3.8, 4) is 5.69 Å². The second kappa shape index (κ2) is 7.96. The van der Waals surface area contributed by atoms with Gasteiger partial charge in [0.05, 0.1) is 17.3 Å². The number of anilines is 1. The van der Waals surface area contributed by atoms with Gasteiger partial charge in [0.1, 0.15) is 0 Å². The van der Waals surface area contributed by atoms with E-state index in [-0.39, 0.29) is 11.6 Å². The third-order valence-electron chi connectivity index (χ3n) is 5.86. The maximum atomic E-state index is 4.08. The molecular formula is C25H26N6. The van der Waals surface area contributed by atoms with Crippen LogP contribution in [0.25, 0.3) is 5.69 Å². The molecule has 4 aromatic rings. The van der Waals surface area contributed by atoms with Crippen molar-refractivity contribution >= 4 is 5.69 Å². The molecule has 0 amide bonds. The zero-order chi connectivity index (χ0) is 21.3. The van der Waals surface area contributed by atoms with Crippen LogP contribution in [0.2, 0.25) is 0 Å². The Morgan fingerprint density at radius 1 is 0.871 bits per heavy atom. The highest BCUT2D eigenvalue weighted by atomic mass is 15.5. The SMILES string of the molecule is Cc1nnnn1-c1cccc(NC2(C)CN(C(c3ccccc3)c3ccccc3)C2)c1. The fourth-order valence-electron chi connectivity index (χ4n) is 4.53. The van der Waals surface area contributed by atoms with Gasteiger partial charge in [-0.25, -0.2) is 0 Å². The standard InChI is InChI=1S/C25H26N6/c1-19-27-28-29-31(19)23-15-9-14-22(16-23)26-25(2)17-30(18-25)24(20-10-5-3-6-11-20)21-12-7-4-8-13-21/h3-16,24,26H,17-18H2,1-2H3. The molecular weight excluding hydrogens is 384 g/mol. The molecule has 1 aliphatic heterocycles. The molecule has 3 aromatic carbocycles. The Morgan fingerprint density at radius 3 is 2.10 bits per heavy atom. The lowest BCUT2D eigenvalue weighted by atomic mass is 9.86. The molecule has 5 rings (SSSR count). The van der Waals surface area contributed by atoms with E-state index in [1.807, 2.05) is 19.1 Å². The number of benzene rings is 3. The summed E-state index contributed by atoms with van der Waals surface area (Å²) in [5.41, 5.74) is 4.68. The Labute approximate surface area is 182 Å². The fraction of sp³-hybridized carbons (Fsp3) is 0.240. The van der Waals surface area contributed by atoms with Gasteiger partial charge in [0, 0.05) is 18.8 Å². The first-order valence-electron chi connectivity index (χ1n) is 10.6. The Balaban J connectivity index is 1.34. The van der Waals surface area contributed by atoms with Crippen LogP contribution in [0.15, 0.2) is 84.9 Å². The maximum absolute atomic E-state index is 4.08. The molecule has 0 unspecified atom stereocenters. The summed E-state index contributed by atoms with van der Waals surface area (Å²) in [6.45, 7) is 6.09. The molecule has 1 aliphatic rings. The van der Waals surface area contributed by atoms with Crippen molar-refractivity contribution in [3.63, 3.8) is 0 Å². The van der Waals surface area contributed by atoms with E-state index in [1.54, 1.807) is 4.68 Å². The van der Waals surface area contributed by atoms with E-state index in [9.17, 15) is 0 Å². The van der Waals surface area contributed by atoms with Crippen molar-refractivity contribution in [2.45, 2.75) is 25.4 Å². The van der Waals surface area contributed by atoms with Crippen LogP contribution < -0.4 is 5.32 Å². The van der Waals surface area contributed by atoms with Crippen molar-refractivity contribution in [1.82, 2.24) is 25.1 Å². The van der Waals surface area contributed by atoms with Crippen molar-refractivity contribution < 1.29 is 0 Å². The van der Waals surface area contributed by atoms with E-state index in [0.29, 0.717) is 0 Å². The predicted octanol–water partition coefficient (Wildman–Crippen LogP) is 4.25. The molecule has 31 heavy (non-hydrogen) atoms. The van der Waals surface area contributed by atoms with Crippen LogP contribution in [-0.4, -0.2) is 43.7 Å². The van der Waals surface area contributed by atoms with Gasteiger partial charge >= 0.3 is 0 Å². The molecule has 6 nitrogen and oxygen atoms in total. The van der Waals surface area contributed by atoms with Crippen LogP contribution in [0.1, 0.15) is 29.9 Å². The quantitative estimate of drug-likeness (QED) is 0.515. The number of likely N-dealkylation sites (tertiary alicyclic amines) is 1. The van der Waals surface area contributed by atoms with E-state index in [4.69, 9.17) is 0 Å². The Kier molecular flexibility index (Phi) is 5.00. The summed E-state index contributed by atoms with van der Waals surface area (Å²) in [5, 5.41) is 15.6. The highest BCUT2D eigenvalue weighted by molar-refractivity contribution is 5.53. The van der Waals surface area contributed by atoms with Crippen LogP contribution in [0.3, 0.4) is 0 Å². The number of tetrazole rings is 1. The minimum atomic E-state index is -0.00387. The number of aryl methyl sites for hydroxylation is 1. The summed E-state index contributed by atoms with van der Waals surface area (Å²) in [6, 6.07) is 30.0. The van der Waals surface area contributed by atoms with Gasteiger partial charge in [0.25, 0.3) is 0 Å². The molecule has 0 spiro atoms. The van der Waals surface area contributed by atoms with Crippen LogP contribution in [-0.2, 0) is 0 Å². The minimum Gasteiger partial charge on any atom is -0.377 e. The molecule has 0 radical (unpaired) electrons. The molecule has 1 saturated heterocycles. The summed E-state index contributed by atoms with van der Waals surface area (Å²) < 4.78 is 1.75. The average Bonchev–Trinajstić information content (AvgIpc) is 3.20. The number of nitrogens with zero attached hydrogens (tertiary/aromatic N) is 5. The van der Waals surface area contributed by atoms with Gasteiger partial charge in [-0.2, -0.15) is 4.68 Å². The first-order chi connectivity index (χ1) is 15.1. The lowest BCUT2D eigenvalue weighted by Crippen LogP contribution is -2.64. The average molecular weight is 411 g/mol. The molecule has 6 heteroatoms. The van der Waals surface area contributed by atoms with Crippen LogP contribution in [0, 0.1) is 6.92 Å². The fourth-order valence-corrected chi connectivity index (χ4v) is 4.53.